The van der Waals surface area contributed by atoms with E-state index in [1.54, 1.807) is 37.3 Å². The molecule has 104 valence electrons. The van der Waals surface area contributed by atoms with Crippen molar-refractivity contribution in [1.82, 2.24) is 5.32 Å². The zero-order chi connectivity index (χ0) is 14.5. The molecular weight excluding hydrogens is 246 g/mol. The molecule has 2 unspecified atom stereocenters. The molecule has 1 aromatic carbocycles. The molecule has 1 rings (SSSR count). The molecule has 0 aliphatic heterocycles. The summed E-state index contributed by atoms with van der Waals surface area (Å²) >= 11 is 0. The summed E-state index contributed by atoms with van der Waals surface area (Å²) in [5.74, 6) is -1.44. The number of aliphatic carboxylic acids is 1. The maximum absolute atomic E-state index is 11.8. The monoisotopic (exact) mass is 265 g/mol. The lowest BCUT2D eigenvalue weighted by molar-refractivity contribution is -0.145. The van der Waals surface area contributed by atoms with Crippen LogP contribution in [0.5, 0.6) is 0 Å². The van der Waals surface area contributed by atoms with Crippen LogP contribution in [0.1, 0.15) is 25.8 Å². The third-order valence-electron chi connectivity index (χ3n) is 3.08. The van der Waals surface area contributed by atoms with Crippen LogP contribution in [0.25, 0.3) is 0 Å². The van der Waals surface area contributed by atoms with Crippen LogP contribution in [-0.2, 0) is 15.0 Å². The number of nitrogens with one attached hydrogen (secondary N) is 1. The van der Waals surface area contributed by atoms with E-state index in [4.69, 9.17) is 5.11 Å². The Bertz CT molecular complexity index is 446. The van der Waals surface area contributed by atoms with Crippen molar-refractivity contribution in [3.8, 4) is 0 Å². The molecule has 5 nitrogen and oxygen atoms in total. The molecule has 0 fully saturated rings. The number of amides is 1. The lowest BCUT2D eigenvalue weighted by Crippen LogP contribution is -2.42. The van der Waals surface area contributed by atoms with Gasteiger partial charge in [-0.3, -0.25) is 9.59 Å². The summed E-state index contributed by atoms with van der Waals surface area (Å²) in [5, 5.41) is 20.8. The van der Waals surface area contributed by atoms with Gasteiger partial charge in [-0.1, -0.05) is 30.3 Å². The molecule has 0 aliphatic carbocycles. The topological polar surface area (TPSA) is 86.6 Å². The number of carboxylic acids is 1. The summed E-state index contributed by atoms with van der Waals surface area (Å²) < 4.78 is 0. The minimum Gasteiger partial charge on any atom is -0.481 e. The van der Waals surface area contributed by atoms with Gasteiger partial charge in [0.25, 0.3) is 0 Å². The van der Waals surface area contributed by atoms with E-state index >= 15 is 0 Å². The number of carbonyl (C=O) groups excluding carboxylic acids is 1. The second-order valence-corrected chi connectivity index (χ2v) is 4.83. The number of aliphatic hydroxyl groups excluding tert-OH is 1. The molecule has 0 saturated heterocycles. The second-order valence-electron chi connectivity index (χ2n) is 4.83. The first-order valence-corrected chi connectivity index (χ1v) is 6.09. The van der Waals surface area contributed by atoms with Crippen molar-refractivity contribution in [3.05, 3.63) is 35.9 Å². The first-order chi connectivity index (χ1) is 8.90. The van der Waals surface area contributed by atoms with E-state index in [1.165, 1.54) is 6.92 Å². The largest absolute Gasteiger partial charge is 0.481 e. The predicted molar refractivity (Wildman–Crippen MR) is 70.7 cm³/mol. The van der Waals surface area contributed by atoms with Crippen LogP contribution in [-0.4, -0.2) is 34.7 Å². The smallest absolute Gasteiger partial charge is 0.314 e. The summed E-state index contributed by atoms with van der Waals surface area (Å²) in [6.07, 6.45) is -0.170. The van der Waals surface area contributed by atoms with Gasteiger partial charge in [0.1, 0.15) is 0 Å². The van der Waals surface area contributed by atoms with Crippen LogP contribution in [0, 0.1) is 0 Å². The van der Waals surface area contributed by atoms with E-state index < -0.39 is 17.3 Å². The summed E-state index contributed by atoms with van der Waals surface area (Å²) in [4.78, 5) is 23.3. The van der Waals surface area contributed by atoms with Crippen LogP contribution in [0.4, 0.5) is 0 Å². The van der Waals surface area contributed by atoms with Crippen LogP contribution in [0.2, 0.25) is 0 Å². The van der Waals surface area contributed by atoms with Gasteiger partial charge in [0.05, 0.1) is 12.0 Å². The molecule has 1 aromatic rings. The molecule has 0 spiro atoms. The van der Waals surface area contributed by atoms with Crippen molar-refractivity contribution in [2.24, 2.45) is 0 Å². The minimum absolute atomic E-state index is 0.170. The van der Waals surface area contributed by atoms with E-state index in [0.29, 0.717) is 5.56 Å². The minimum atomic E-state index is -1.28. The lowest BCUT2D eigenvalue weighted by Gasteiger charge is -2.25. The van der Waals surface area contributed by atoms with Gasteiger partial charge >= 0.3 is 5.97 Å². The summed E-state index contributed by atoms with van der Waals surface area (Å²) in [6, 6.07) is 8.27. The van der Waals surface area contributed by atoms with Gasteiger partial charge in [0.15, 0.2) is 0 Å². The number of hydrogen-bond acceptors (Lipinski definition) is 3. The van der Waals surface area contributed by atoms with Gasteiger partial charge in [-0.15, -0.1) is 0 Å². The van der Waals surface area contributed by atoms with Gasteiger partial charge in [-0.25, -0.2) is 0 Å². The number of carbonyl (C=O) groups is 2. The van der Waals surface area contributed by atoms with Crippen molar-refractivity contribution in [2.75, 3.05) is 6.61 Å². The average Bonchev–Trinajstić information content (AvgIpc) is 2.39. The molecule has 19 heavy (non-hydrogen) atoms. The second kappa shape index (κ2) is 6.33. The Labute approximate surface area is 112 Å². The molecule has 5 heteroatoms. The van der Waals surface area contributed by atoms with E-state index in [0.717, 1.165) is 0 Å². The van der Waals surface area contributed by atoms with Gasteiger partial charge in [-0.2, -0.15) is 0 Å². The molecular formula is C14H19NO4. The summed E-state index contributed by atoms with van der Waals surface area (Å²) in [7, 11) is 0. The third-order valence-corrected chi connectivity index (χ3v) is 3.08. The Morgan fingerprint density at radius 1 is 1.32 bits per heavy atom. The standard InChI is InChI=1S/C14H19NO4/c1-10(9-16)15-12(17)8-14(2,13(18)19)11-6-4-3-5-7-11/h3-7,10,16H,8-9H2,1-2H3,(H,15,17)(H,18,19). The van der Waals surface area contributed by atoms with Crippen molar-refractivity contribution >= 4 is 11.9 Å². The average molecular weight is 265 g/mol. The molecule has 0 aliphatic rings. The molecule has 0 aromatic heterocycles. The van der Waals surface area contributed by atoms with Crippen molar-refractivity contribution in [3.63, 3.8) is 0 Å². The number of rotatable bonds is 6. The first-order valence-electron chi connectivity index (χ1n) is 6.09. The van der Waals surface area contributed by atoms with Crippen LogP contribution >= 0.6 is 0 Å². The number of aliphatic hydroxyl groups is 1. The molecule has 0 bridgehead atoms. The predicted octanol–water partition coefficient (Wildman–Crippen LogP) is 0.916. The van der Waals surface area contributed by atoms with E-state index in [1.807, 2.05) is 0 Å². The summed E-state index contributed by atoms with van der Waals surface area (Å²) in [5.41, 5.74) is -0.699. The van der Waals surface area contributed by atoms with Crippen molar-refractivity contribution < 1.29 is 19.8 Å². The quantitative estimate of drug-likeness (QED) is 0.713. The highest BCUT2D eigenvalue weighted by Crippen LogP contribution is 2.27. The zero-order valence-corrected chi connectivity index (χ0v) is 11.1. The highest BCUT2D eigenvalue weighted by Gasteiger charge is 2.37. The van der Waals surface area contributed by atoms with Gasteiger partial charge in [0, 0.05) is 12.5 Å². The highest BCUT2D eigenvalue weighted by atomic mass is 16.4. The van der Waals surface area contributed by atoms with E-state index in [2.05, 4.69) is 5.32 Å². The third kappa shape index (κ3) is 3.79. The molecule has 0 heterocycles. The fourth-order valence-corrected chi connectivity index (χ4v) is 1.80. The number of carboxylic acid groups (broad SMARTS) is 1. The maximum Gasteiger partial charge on any atom is 0.314 e. The molecule has 2 atom stereocenters. The molecule has 0 saturated carbocycles. The first kappa shape index (κ1) is 15.2. The van der Waals surface area contributed by atoms with Crippen molar-refractivity contribution in [2.45, 2.75) is 31.7 Å². The Kier molecular flexibility index (Phi) is 5.06. The number of hydrogen-bond donors (Lipinski definition) is 3. The van der Waals surface area contributed by atoms with Gasteiger partial charge in [-0.05, 0) is 19.4 Å². The van der Waals surface area contributed by atoms with Crippen LogP contribution < -0.4 is 5.32 Å². The molecule has 3 N–H and O–H groups in total. The number of benzene rings is 1. The van der Waals surface area contributed by atoms with Crippen molar-refractivity contribution in [1.29, 1.82) is 0 Å². The van der Waals surface area contributed by atoms with E-state index in [-0.39, 0.29) is 19.1 Å². The van der Waals surface area contributed by atoms with Crippen LogP contribution in [0.15, 0.2) is 30.3 Å². The summed E-state index contributed by atoms with van der Waals surface area (Å²) in [6.45, 7) is 2.99. The van der Waals surface area contributed by atoms with E-state index in [9.17, 15) is 14.7 Å². The molecule has 0 radical (unpaired) electrons. The Hall–Kier alpha value is -1.88. The fraction of sp³-hybridized carbons (Fsp3) is 0.429. The molecule has 1 amide bonds. The highest BCUT2D eigenvalue weighted by molar-refractivity contribution is 5.89. The van der Waals surface area contributed by atoms with Crippen LogP contribution in [0.3, 0.4) is 0 Å². The lowest BCUT2D eigenvalue weighted by atomic mass is 9.79. The van der Waals surface area contributed by atoms with Gasteiger partial charge in [0.2, 0.25) is 5.91 Å². The Balaban J connectivity index is 2.90. The Morgan fingerprint density at radius 3 is 2.37 bits per heavy atom. The zero-order valence-electron chi connectivity index (χ0n) is 11.1. The Morgan fingerprint density at radius 2 is 1.89 bits per heavy atom. The van der Waals surface area contributed by atoms with Gasteiger partial charge < -0.3 is 15.5 Å². The SMILES string of the molecule is CC(CO)NC(=O)CC(C)(C(=O)O)c1ccccc1. The normalized spacial score (nSPS) is 15.3. The fourth-order valence-electron chi connectivity index (χ4n) is 1.80. The maximum atomic E-state index is 11.8.